The molecule has 1 atom stereocenters. The average Bonchev–Trinajstić information content (AvgIpc) is 2.69. The van der Waals surface area contributed by atoms with Crippen molar-refractivity contribution in [1.82, 2.24) is 9.97 Å². The van der Waals surface area contributed by atoms with E-state index in [2.05, 4.69) is 28.2 Å². The first-order valence-electron chi connectivity index (χ1n) is 8.36. The fourth-order valence-electron chi connectivity index (χ4n) is 2.75. The average molecular weight is 348 g/mol. The maximum absolute atomic E-state index is 12.1. The molecule has 0 saturated heterocycles. The minimum absolute atomic E-state index is 0.198. The van der Waals surface area contributed by atoms with Crippen LogP contribution in [0.25, 0.3) is 11.1 Å². The van der Waals surface area contributed by atoms with Crippen LogP contribution < -0.4 is 4.74 Å². The van der Waals surface area contributed by atoms with Gasteiger partial charge in [-0.3, -0.25) is 4.98 Å². The quantitative estimate of drug-likeness (QED) is 0.632. The van der Waals surface area contributed by atoms with Crippen molar-refractivity contribution in [3.8, 4) is 16.9 Å². The summed E-state index contributed by atoms with van der Waals surface area (Å²) in [7, 11) is 1.64. The van der Waals surface area contributed by atoms with Gasteiger partial charge in [-0.2, -0.15) is 0 Å². The zero-order valence-electron chi connectivity index (χ0n) is 14.8. The molecular weight excluding hydrogens is 328 g/mol. The minimum atomic E-state index is -0.483. The van der Waals surface area contributed by atoms with Crippen LogP contribution in [-0.4, -0.2) is 29.2 Å². The normalized spacial score (nSPS) is 11.6. The lowest BCUT2D eigenvalue weighted by molar-refractivity contribution is 0.0334. The molecule has 0 spiro atoms. The highest BCUT2D eigenvalue weighted by Crippen LogP contribution is 2.28. The molecule has 0 aliphatic heterocycles. The monoisotopic (exact) mass is 348 g/mol. The van der Waals surface area contributed by atoms with E-state index in [1.165, 1.54) is 18.6 Å². The van der Waals surface area contributed by atoms with Crippen LogP contribution >= 0.6 is 0 Å². The fraction of sp³-hybridized carbons (Fsp3) is 0.190. The smallest absolute Gasteiger partial charge is 0.358 e. The number of aromatic nitrogens is 2. The van der Waals surface area contributed by atoms with Crippen LogP contribution in [0.1, 0.15) is 23.0 Å². The van der Waals surface area contributed by atoms with E-state index in [0.29, 0.717) is 6.42 Å². The minimum Gasteiger partial charge on any atom is -0.496 e. The van der Waals surface area contributed by atoms with Crippen molar-refractivity contribution >= 4 is 5.97 Å². The molecule has 1 heterocycles. The lowest BCUT2D eigenvalue weighted by Crippen LogP contribution is -2.18. The molecule has 0 fully saturated rings. The molecule has 1 aromatic heterocycles. The van der Waals surface area contributed by atoms with E-state index in [-0.39, 0.29) is 11.8 Å². The second-order valence-corrected chi connectivity index (χ2v) is 5.90. The Labute approximate surface area is 152 Å². The van der Waals surface area contributed by atoms with E-state index in [4.69, 9.17) is 9.47 Å². The van der Waals surface area contributed by atoms with Gasteiger partial charge in [0.05, 0.1) is 13.3 Å². The van der Waals surface area contributed by atoms with Gasteiger partial charge >= 0.3 is 5.97 Å². The van der Waals surface area contributed by atoms with E-state index >= 15 is 0 Å². The Morgan fingerprint density at radius 3 is 2.58 bits per heavy atom. The van der Waals surface area contributed by atoms with E-state index in [1.54, 1.807) is 7.11 Å². The molecule has 0 N–H and O–H groups in total. The summed E-state index contributed by atoms with van der Waals surface area (Å²) in [5.41, 5.74) is 3.40. The summed E-state index contributed by atoms with van der Waals surface area (Å²) in [4.78, 5) is 20.0. The molecule has 3 aromatic rings. The molecule has 1 unspecified atom stereocenters. The predicted molar refractivity (Wildman–Crippen MR) is 99.0 cm³/mol. The third-order valence-electron chi connectivity index (χ3n) is 3.98. The molecule has 5 heteroatoms. The molecule has 0 saturated carbocycles. The van der Waals surface area contributed by atoms with E-state index in [0.717, 1.165) is 22.4 Å². The van der Waals surface area contributed by atoms with Crippen molar-refractivity contribution in [2.75, 3.05) is 7.11 Å². The molecule has 26 heavy (non-hydrogen) atoms. The van der Waals surface area contributed by atoms with Gasteiger partial charge in [-0.15, -0.1) is 0 Å². The van der Waals surface area contributed by atoms with E-state index < -0.39 is 5.97 Å². The molecule has 2 aromatic carbocycles. The largest absolute Gasteiger partial charge is 0.496 e. The molecule has 0 aliphatic carbocycles. The highest BCUT2D eigenvalue weighted by Gasteiger charge is 2.16. The zero-order valence-corrected chi connectivity index (χ0v) is 14.8. The first-order chi connectivity index (χ1) is 12.7. The molecular formula is C21H20N2O3. The Hall–Kier alpha value is -3.21. The summed E-state index contributed by atoms with van der Waals surface area (Å²) in [6.07, 6.45) is 4.58. The number of methoxy groups -OCH3 is 1. The first kappa shape index (κ1) is 17.6. The van der Waals surface area contributed by atoms with Crippen molar-refractivity contribution in [3.05, 3.63) is 78.4 Å². The summed E-state index contributed by atoms with van der Waals surface area (Å²) in [5.74, 6) is 0.288. The fourth-order valence-corrected chi connectivity index (χ4v) is 2.75. The van der Waals surface area contributed by atoms with Gasteiger partial charge in [0.1, 0.15) is 11.9 Å². The maximum Gasteiger partial charge on any atom is 0.358 e. The van der Waals surface area contributed by atoms with Crippen molar-refractivity contribution in [3.63, 3.8) is 0 Å². The lowest BCUT2D eigenvalue weighted by Gasteiger charge is -2.16. The molecule has 3 rings (SSSR count). The van der Waals surface area contributed by atoms with Gasteiger partial charge in [0.2, 0.25) is 0 Å². The van der Waals surface area contributed by atoms with Gasteiger partial charge in [0.25, 0.3) is 0 Å². The van der Waals surface area contributed by atoms with E-state index in [9.17, 15) is 4.79 Å². The van der Waals surface area contributed by atoms with Gasteiger partial charge in [-0.1, -0.05) is 36.4 Å². The third kappa shape index (κ3) is 4.25. The van der Waals surface area contributed by atoms with Crippen LogP contribution in [0.3, 0.4) is 0 Å². The van der Waals surface area contributed by atoms with Crippen LogP contribution in [0.5, 0.6) is 5.75 Å². The standard InChI is InChI=1S/C21H20N2O3/c1-15(26-21(24)19-14-22-10-11-23-19)12-18-13-17(8-9-20(18)25-2)16-6-4-3-5-7-16/h3-11,13-15H,12H2,1-2H3. The molecule has 0 aliphatic rings. The third-order valence-corrected chi connectivity index (χ3v) is 3.98. The second kappa shape index (κ2) is 8.25. The number of benzene rings is 2. The summed E-state index contributed by atoms with van der Waals surface area (Å²) in [5, 5.41) is 0. The Bertz CT molecular complexity index is 867. The van der Waals surface area contributed by atoms with Crippen LogP contribution in [0.2, 0.25) is 0 Å². The summed E-state index contributed by atoms with van der Waals surface area (Å²) >= 11 is 0. The number of ether oxygens (including phenoxy) is 2. The Morgan fingerprint density at radius 1 is 1.08 bits per heavy atom. The number of rotatable bonds is 6. The van der Waals surface area contributed by atoms with Crippen molar-refractivity contribution < 1.29 is 14.3 Å². The molecule has 0 radical (unpaired) electrons. The lowest BCUT2D eigenvalue weighted by atomic mass is 9.99. The predicted octanol–water partition coefficient (Wildman–Crippen LogP) is 3.94. The molecule has 5 nitrogen and oxygen atoms in total. The molecule has 132 valence electrons. The van der Waals surface area contributed by atoms with Crippen molar-refractivity contribution in [1.29, 1.82) is 0 Å². The van der Waals surface area contributed by atoms with Crippen LogP contribution in [0, 0.1) is 0 Å². The Morgan fingerprint density at radius 2 is 1.88 bits per heavy atom. The van der Waals surface area contributed by atoms with Crippen LogP contribution in [0.15, 0.2) is 67.1 Å². The molecule has 0 bridgehead atoms. The maximum atomic E-state index is 12.1. The number of carbonyl (C=O) groups is 1. The van der Waals surface area contributed by atoms with Gasteiger partial charge in [-0.05, 0) is 35.7 Å². The SMILES string of the molecule is COc1ccc(-c2ccccc2)cc1CC(C)OC(=O)c1cnccn1. The summed E-state index contributed by atoms with van der Waals surface area (Å²) in [6.45, 7) is 1.85. The highest BCUT2D eigenvalue weighted by molar-refractivity contribution is 5.86. The number of nitrogens with zero attached hydrogens (tertiary/aromatic N) is 2. The van der Waals surface area contributed by atoms with Gasteiger partial charge in [0.15, 0.2) is 5.69 Å². The number of esters is 1. The van der Waals surface area contributed by atoms with Gasteiger partial charge < -0.3 is 9.47 Å². The summed E-state index contributed by atoms with van der Waals surface area (Å²) in [6, 6.07) is 16.1. The molecule has 0 amide bonds. The van der Waals surface area contributed by atoms with Gasteiger partial charge in [0, 0.05) is 18.8 Å². The number of hydrogen-bond acceptors (Lipinski definition) is 5. The Kier molecular flexibility index (Phi) is 5.59. The highest BCUT2D eigenvalue weighted by atomic mass is 16.5. The van der Waals surface area contributed by atoms with Crippen LogP contribution in [-0.2, 0) is 11.2 Å². The topological polar surface area (TPSA) is 61.3 Å². The zero-order chi connectivity index (χ0) is 18.4. The van der Waals surface area contributed by atoms with E-state index in [1.807, 2.05) is 37.3 Å². The van der Waals surface area contributed by atoms with Crippen LogP contribution in [0.4, 0.5) is 0 Å². The van der Waals surface area contributed by atoms with Crippen molar-refractivity contribution in [2.45, 2.75) is 19.4 Å². The number of hydrogen-bond donors (Lipinski definition) is 0. The second-order valence-electron chi connectivity index (χ2n) is 5.90. The van der Waals surface area contributed by atoms with Gasteiger partial charge in [-0.25, -0.2) is 9.78 Å². The summed E-state index contributed by atoms with van der Waals surface area (Å²) < 4.78 is 11.0. The Balaban J connectivity index is 1.76. The number of carbonyl (C=O) groups excluding carboxylic acids is 1. The van der Waals surface area contributed by atoms with Crippen molar-refractivity contribution in [2.24, 2.45) is 0 Å². The first-order valence-corrected chi connectivity index (χ1v) is 8.36.